The maximum Gasteiger partial charge on any atom is 0.307 e. The van der Waals surface area contributed by atoms with Crippen LogP contribution in [-0.4, -0.2) is 53.4 Å². The van der Waals surface area contributed by atoms with Gasteiger partial charge in [-0.3, -0.25) is 29.8 Å². The summed E-state index contributed by atoms with van der Waals surface area (Å²) in [7, 11) is 1.80. The molecule has 1 aliphatic rings. The van der Waals surface area contributed by atoms with Gasteiger partial charge in [0, 0.05) is 42.2 Å². The number of amides is 1. The van der Waals surface area contributed by atoms with E-state index in [0.717, 1.165) is 23.4 Å². The van der Waals surface area contributed by atoms with Crippen LogP contribution in [0.5, 0.6) is 0 Å². The number of rotatable bonds is 11. The lowest BCUT2D eigenvalue weighted by atomic mass is 10.1. The number of fused-ring (bicyclic) bond motifs is 1. The summed E-state index contributed by atoms with van der Waals surface area (Å²) in [6, 6.07) is 17.1. The Morgan fingerprint density at radius 3 is 2.35 bits per heavy atom. The van der Waals surface area contributed by atoms with E-state index in [1.165, 1.54) is 11.0 Å². The normalized spacial score (nSPS) is 12.5. The monoisotopic (exact) mass is 544 g/mol. The molecule has 0 aliphatic carbocycles. The van der Waals surface area contributed by atoms with Crippen molar-refractivity contribution in [1.82, 2.24) is 4.90 Å². The minimum absolute atomic E-state index is 0.0495. The summed E-state index contributed by atoms with van der Waals surface area (Å²) in [6.45, 7) is 4.60. The molecule has 13 heteroatoms. The van der Waals surface area contributed by atoms with E-state index in [0.29, 0.717) is 23.5 Å². The Bertz CT molecular complexity index is 1490. The van der Waals surface area contributed by atoms with Gasteiger partial charge in [0.1, 0.15) is 6.61 Å². The molecule has 0 fully saturated rings. The average Bonchev–Trinajstić information content (AvgIpc) is 3.19. The Morgan fingerprint density at radius 2 is 1.70 bits per heavy atom. The summed E-state index contributed by atoms with van der Waals surface area (Å²) in [5.74, 6) is -0.568. The highest BCUT2D eigenvalue weighted by Gasteiger charge is 2.30. The molecule has 0 saturated heterocycles. The van der Waals surface area contributed by atoms with Gasteiger partial charge in [-0.25, -0.2) is 0 Å². The van der Waals surface area contributed by atoms with Crippen molar-refractivity contribution in [2.45, 2.75) is 6.42 Å². The van der Waals surface area contributed by atoms with Crippen molar-refractivity contribution in [2.75, 3.05) is 31.6 Å². The molecule has 0 unspecified atom stereocenters. The summed E-state index contributed by atoms with van der Waals surface area (Å²) in [4.78, 5) is 48.8. The van der Waals surface area contributed by atoms with Gasteiger partial charge in [0.15, 0.2) is 5.69 Å². The van der Waals surface area contributed by atoms with Crippen molar-refractivity contribution in [1.29, 1.82) is 0 Å². The van der Waals surface area contributed by atoms with E-state index < -0.39 is 27.2 Å². The zero-order valence-electron chi connectivity index (χ0n) is 21.4. The van der Waals surface area contributed by atoms with Crippen molar-refractivity contribution in [2.24, 2.45) is 10.2 Å². The molecule has 40 heavy (non-hydrogen) atoms. The van der Waals surface area contributed by atoms with E-state index in [9.17, 15) is 29.8 Å². The molecule has 0 aromatic heterocycles. The van der Waals surface area contributed by atoms with Crippen molar-refractivity contribution in [3.05, 3.63) is 105 Å². The van der Waals surface area contributed by atoms with E-state index in [1.54, 1.807) is 43.4 Å². The maximum atomic E-state index is 12.5. The Hall–Kier alpha value is -5.46. The van der Waals surface area contributed by atoms with Crippen LogP contribution < -0.4 is 4.90 Å². The molecule has 0 saturated carbocycles. The highest BCUT2D eigenvalue weighted by Crippen LogP contribution is 2.33. The van der Waals surface area contributed by atoms with E-state index in [4.69, 9.17) is 4.74 Å². The van der Waals surface area contributed by atoms with Crippen LogP contribution in [0.4, 0.5) is 28.4 Å². The molecule has 0 atom stereocenters. The fraction of sp³-hybridized carbons (Fsp3) is 0.185. The Labute approximate surface area is 228 Å². The van der Waals surface area contributed by atoms with Gasteiger partial charge in [-0.15, -0.1) is 5.11 Å². The summed E-state index contributed by atoms with van der Waals surface area (Å²) in [5, 5.41) is 30.0. The van der Waals surface area contributed by atoms with E-state index >= 15 is 0 Å². The Morgan fingerprint density at radius 1 is 1.00 bits per heavy atom. The summed E-state index contributed by atoms with van der Waals surface area (Å²) in [6.07, 6.45) is 0.122. The highest BCUT2D eigenvalue weighted by molar-refractivity contribution is 6.08. The molecule has 0 spiro atoms. The van der Waals surface area contributed by atoms with Gasteiger partial charge in [-0.1, -0.05) is 24.8 Å². The SMILES string of the molecule is C=C1c2ccccc2C(=O)N1CCOC(=O)CCN(C)c1ccc(N=Nc2ccc([N+](=O)[O-])cc2[N+](=O)[O-])cc1. The lowest BCUT2D eigenvalue weighted by Gasteiger charge is -2.20. The number of carbonyl (C=O) groups excluding carboxylic acids is 2. The van der Waals surface area contributed by atoms with Gasteiger partial charge in [-0.2, -0.15) is 5.11 Å². The molecule has 0 bridgehead atoms. The van der Waals surface area contributed by atoms with E-state index in [-0.39, 0.29) is 31.2 Å². The predicted octanol–water partition coefficient (Wildman–Crippen LogP) is 5.41. The van der Waals surface area contributed by atoms with Gasteiger partial charge in [0.2, 0.25) is 0 Å². The molecule has 204 valence electrons. The van der Waals surface area contributed by atoms with Crippen LogP contribution in [-0.2, 0) is 9.53 Å². The molecule has 0 N–H and O–H groups in total. The topological polar surface area (TPSA) is 161 Å². The molecule has 3 aromatic rings. The van der Waals surface area contributed by atoms with Crippen LogP contribution in [0.15, 0.2) is 83.5 Å². The first-order valence-corrected chi connectivity index (χ1v) is 12.1. The number of anilines is 1. The molecular formula is C27H24N6O7. The maximum absolute atomic E-state index is 12.5. The van der Waals surface area contributed by atoms with Crippen LogP contribution in [0.3, 0.4) is 0 Å². The molecule has 13 nitrogen and oxygen atoms in total. The molecule has 3 aromatic carbocycles. The third kappa shape index (κ3) is 6.15. The second-order valence-electron chi connectivity index (χ2n) is 8.74. The third-order valence-electron chi connectivity index (χ3n) is 6.20. The average molecular weight is 545 g/mol. The number of hydrogen-bond acceptors (Lipinski definition) is 10. The minimum atomic E-state index is -0.758. The van der Waals surface area contributed by atoms with Gasteiger partial charge in [-0.05, 0) is 36.4 Å². The molecule has 4 rings (SSSR count). The highest BCUT2D eigenvalue weighted by atomic mass is 16.6. The van der Waals surface area contributed by atoms with Crippen LogP contribution in [0, 0.1) is 20.2 Å². The first-order chi connectivity index (χ1) is 19.2. The number of nitro groups is 2. The summed E-state index contributed by atoms with van der Waals surface area (Å²) in [5.41, 5.74) is 2.09. The van der Waals surface area contributed by atoms with Crippen LogP contribution in [0.1, 0.15) is 22.3 Å². The molecule has 0 radical (unpaired) electrons. The van der Waals surface area contributed by atoms with Gasteiger partial charge >= 0.3 is 11.7 Å². The van der Waals surface area contributed by atoms with Crippen molar-refractivity contribution >= 4 is 46.0 Å². The summed E-state index contributed by atoms with van der Waals surface area (Å²) < 4.78 is 5.31. The number of azo groups is 1. The largest absolute Gasteiger partial charge is 0.464 e. The van der Waals surface area contributed by atoms with Gasteiger partial charge in [0.05, 0.1) is 34.6 Å². The fourth-order valence-corrected chi connectivity index (χ4v) is 4.02. The lowest BCUT2D eigenvalue weighted by molar-refractivity contribution is -0.393. The molecule has 1 heterocycles. The number of esters is 1. The van der Waals surface area contributed by atoms with E-state index in [2.05, 4.69) is 16.8 Å². The molecule has 1 amide bonds. The van der Waals surface area contributed by atoms with Gasteiger partial charge in [0.25, 0.3) is 11.6 Å². The number of nitro benzene ring substituents is 2. The zero-order chi connectivity index (χ0) is 28.8. The minimum Gasteiger partial charge on any atom is -0.464 e. The van der Waals surface area contributed by atoms with Crippen LogP contribution in [0.25, 0.3) is 5.70 Å². The smallest absolute Gasteiger partial charge is 0.307 e. The number of non-ortho nitro benzene ring substituents is 1. The first-order valence-electron chi connectivity index (χ1n) is 12.1. The number of nitrogens with zero attached hydrogens (tertiary/aromatic N) is 6. The second-order valence-corrected chi connectivity index (χ2v) is 8.74. The van der Waals surface area contributed by atoms with Crippen molar-refractivity contribution in [3.63, 3.8) is 0 Å². The van der Waals surface area contributed by atoms with Crippen LogP contribution in [0.2, 0.25) is 0 Å². The van der Waals surface area contributed by atoms with Crippen molar-refractivity contribution < 1.29 is 24.2 Å². The number of carbonyl (C=O) groups is 2. The quantitative estimate of drug-likeness (QED) is 0.134. The lowest BCUT2D eigenvalue weighted by Crippen LogP contribution is -2.28. The van der Waals surface area contributed by atoms with Crippen LogP contribution >= 0.6 is 0 Å². The molecular weight excluding hydrogens is 520 g/mol. The van der Waals surface area contributed by atoms with E-state index in [1.807, 2.05) is 17.0 Å². The fourth-order valence-electron chi connectivity index (χ4n) is 4.02. The standard InChI is InChI=1S/C27H24N6O7/c1-18-22-5-3-4-6-23(22)27(35)31(18)15-16-40-26(34)13-14-30(2)20-9-7-19(8-10-20)28-29-24-12-11-21(32(36)37)17-25(24)33(38)39/h3-12,17H,1,13-16H2,2H3. The predicted molar refractivity (Wildman–Crippen MR) is 146 cm³/mol. The Kier molecular flexibility index (Phi) is 8.23. The van der Waals surface area contributed by atoms with Gasteiger partial charge < -0.3 is 14.5 Å². The Balaban J connectivity index is 1.25. The molecule has 1 aliphatic heterocycles. The number of hydrogen-bond donors (Lipinski definition) is 0. The third-order valence-corrected chi connectivity index (χ3v) is 6.20. The first kappa shape index (κ1) is 27.6. The number of ether oxygens (including phenoxy) is 1. The second kappa shape index (κ2) is 11.9. The summed E-state index contributed by atoms with van der Waals surface area (Å²) >= 11 is 0. The van der Waals surface area contributed by atoms with Crippen molar-refractivity contribution in [3.8, 4) is 0 Å². The zero-order valence-corrected chi connectivity index (χ0v) is 21.4. The number of benzene rings is 3.